The minimum Gasteiger partial charge on any atom is -0.381 e. The number of nitrogens with one attached hydrogen (secondary N) is 1. The van der Waals surface area contributed by atoms with Gasteiger partial charge in [0.2, 0.25) is 5.89 Å². The fourth-order valence-electron chi connectivity index (χ4n) is 1.62. The largest absolute Gasteiger partial charge is 0.381 e. The summed E-state index contributed by atoms with van der Waals surface area (Å²) in [4.78, 5) is 4.41. The molecule has 0 aliphatic carbocycles. The first-order chi connectivity index (χ1) is 8.69. The summed E-state index contributed by atoms with van der Waals surface area (Å²) in [6, 6.07) is 0.338. The Hall–Kier alpha value is -0.940. The van der Waals surface area contributed by atoms with Gasteiger partial charge in [-0.1, -0.05) is 19.0 Å². The number of hydrogen-bond donors (Lipinski definition) is 1. The van der Waals surface area contributed by atoms with Gasteiger partial charge >= 0.3 is 0 Å². The van der Waals surface area contributed by atoms with Crippen LogP contribution in [0.4, 0.5) is 0 Å². The number of aromatic nitrogens is 2. The molecule has 0 saturated heterocycles. The molecule has 1 aromatic rings. The molecule has 0 bridgehead atoms. The van der Waals surface area contributed by atoms with Gasteiger partial charge in [0, 0.05) is 19.1 Å². The molecule has 18 heavy (non-hydrogen) atoms. The van der Waals surface area contributed by atoms with Crippen LogP contribution in [0.5, 0.6) is 0 Å². The lowest BCUT2D eigenvalue weighted by Crippen LogP contribution is -2.31. The van der Waals surface area contributed by atoms with E-state index in [9.17, 15) is 0 Å². The van der Waals surface area contributed by atoms with Crippen LogP contribution in [0.1, 0.15) is 51.7 Å². The van der Waals surface area contributed by atoms with Gasteiger partial charge < -0.3 is 14.6 Å². The van der Waals surface area contributed by atoms with Gasteiger partial charge in [0.25, 0.3) is 0 Å². The zero-order valence-electron chi connectivity index (χ0n) is 11.9. The smallest absolute Gasteiger partial charge is 0.231 e. The molecule has 0 aliphatic rings. The molecule has 0 fully saturated rings. The van der Waals surface area contributed by atoms with E-state index in [4.69, 9.17) is 9.26 Å². The quantitative estimate of drug-likeness (QED) is 0.685. The van der Waals surface area contributed by atoms with Gasteiger partial charge in [-0.15, -0.1) is 0 Å². The molecule has 0 amide bonds. The Morgan fingerprint density at radius 1 is 1.33 bits per heavy atom. The van der Waals surface area contributed by atoms with Crippen molar-refractivity contribution in [2.24, 2.45) is 0 Å². The monoisotopic (exact) mass is 255 g/mol. The number of hydrogen-bond acceptors (Lipinski definition) is 5. The van der Waals surface area contributed by atoms with Gasteiger partial charge in [0.15, 0.2) is 5.82 Å². The lowest BCUT2D eigenvalue weighted by atomic mass is 10.0. The second kappa shape index (κ2) is 8.21. The summed E-state index contributed by atoms with van der Waals surface area (Å²) in [6.07, 6.45) is 1.83. The van der Waals surface area contributed by atoms with E-state index in [0.717, 1.165) is 25.4 Å². The molecule has 0 spiro atoms. The van der Waals surface area contributed by atoms with Gasteiger partial charge in [-0.2, -0.15) is 4.98 Å². The molecule has 1 aromatic heterocycles. The van der Waals surface area contributed by atoms with Crippen LogP contribution in [0.2, 0.25) is 0 Å². The zero-order chi connectivity index (χ0) is 13.4. The summed E-state index contributed by atoms with van der Waals surface area (Å²) >= 11 is 0. The molecule has 0 radical (unpaired) electrons. The van der Waals surface area contributed by atoms with Crippen molar-refractivity contribution < 1.29 is 9.26 Å². The van der Waals surface area contributed by atoms with Crippen molar-refractivity contribution >= 4 is 0 Å². The first kappa shape index (κ1) is 15.1. The Bertz CT molecular complexity index is 328. The molecule has 1 heterocycles. The third-order valence-electron chi connectivity index (χ3n) is 3.01. The van der Waals surface area contributed by atoms with Crippen molar-refractivity contribution in [3.05, 3.63) is 11.7 Å². The van der Waals surface area contributed by atoms with Crippen molar-refractivity contribution in [3.8, 4) is 0 Å². The second-order valence-electron chi connectivity index (χ2n) is 4.53. The average Bonchev–Trinajstić information content (AvgIpc) is 2.84. The van der Waals surface area contributed by atoms with Crippen molar-refractivity contribution in [3.63, 3.8) is 0 Å². The molecule has 0 aromatic carbocycles. The fraction of sp³-hybridized carbons (Fsp3) is 0.846. The van der Waals surface area contributed by atoms with E-state index in [1.807, 2.05) is 6.92 Å². The van der Waals surface area contributed by atoms with E-state index in [1.165, 1.54) is 0 Å². The molecule has 0 aliphatic heterocycles. The number of rotatable bonds is 9. The summed E-state index contributed by atoms with van der Waals surface area (Å²) in [5.74, 6) is 1.66. The van der Waals surface area contributed by atoms with Crippen molar-refractivity contribution in [1.29, 1.82) is 0 Å². The van der Waals surface area contributed by atoms with Crippen molar-refractivity contribution in [2.75, 3.05) is 19.8 Å². The van der Waals surface area contributed by atoms with Crippen LogP contribution in [0.3, 0.4) is 0 Å². The lowest BCUT2D eigenvalue weighted by molar-refractivity contribution is 0.149. The molecule has 2 unspecified atom stereocenters. The Kier molecular flexibility index (Phi) is 6.90. The highest BCUT2D eigenvalue weighted by molar-refractivity contribution is 4.96. The van der Waals surface area contributed by atoms with E-state index >= 15 is 0 Å². The third-order valence-corrected chi connectivity index (χ3v) is 3.01. The number of nitrogens with zero attached hydrogens (tertiary/aromatic N) is 2. The Labute approximate surface area is 109 Å². The van der Waals surface area contributed by atoms with E-state index in [0.29, 0.717) is 25.0 Å². The van der Waals surface area contributed by atoms with E-state index in [1.54, 1.807) is 0 Å². The van der Waals surface area contributed by atoms with Crippen molar-refractivity contribution in [1.82, 2.24) is 15.5 Å². The maximum atomic E-state index is 5.30. The summed E-state index contributed by atoms with van der Waals surface area (Å²) in [5.41, 5.74) is 0. The molecule has 2 atom stereocenters. The topological polar surface area (TPSA) is 60.2 Å². The zero-order valence-corrected chi connectivity index (χ0v) is 11.9. The van der Waals surface area contributed by atoms with Crippen LogP contribution in [-0.4, -0.2) is 35.9 Å². The van der Waals surface area contributed by atoms with Gasteiger partial charge in [0.1, 0.15) is 0 Å². The average molecular weight is 255 g/mol. The Balaban J connectivity index is 2.45. The highest BCUT2D eigenvalue weighted by Gasteiger charge is 2.19. The maximum absolute atomic E-state index is 5.30. The van der Waals surface area contributed by atoms with E-state index < -0.39 is 0 Å². The van der Waals surface area contributed by atoms with Gasteiger partial charge in [-0.25, -0.2) is 0 Å². The maximum Gasteiger partial charge on any atom is 0.231 e. The van der Waals surface area contributed by atoms with Crippen LogP contribution in [-0.2, 0) is 11.2 Å². The fourth-order valence-corrected chi connectivity index (χ4v) is 1.62. The van der Waals surface area contributed by atoms with Gasteiger partial charge in [-0.05, 0) is 26.8 Å². The summed E-state index contributed by atoms with van der Waals surface area (Å²) < 4.78 is 10.6. The molecule has 1 rings (SSSR count). The van der Waals surface area contributed by atoms with Crippen LogP contribution < -0.4 is 5.32 Å². The SMILES string of the molecule is CCCNC(C)C(C)c1nc(CCOCC)no1. The molecule has 0 saturated carbocycles. The van der Waals surface area contributed by atoms with Crippen LogP contribution in [0.15, 0.2) is 4.52 Å². The predicted molar refractivity (Wildman–Crippen MR) is 70.7 cm³/mol. The molecule has 5 nitrogen and oxygen atoms in total. The van der Waals surface area contributed by atoms with Crippen LogP contribution >= 0.6 is 0 Å². The highest BCUT2D eigenvalue weighted by atomic mass is 16.5. The molecule has 5 heteroatoms. The number of ether oxygens (including phenoxy) is 1. The standard InChI is InChI=1S/C13H25N3O2/c1-5-8-14-11(4)10(3)13-15-12(16-18-13)7-9-17-6-2/h10-11,14H,5-9H2,1-4H3. The molecule has 104 valence electrons. The normalized spacial score (nSPS) is 14.7. The summed E-state index contributed by atoms with van der Waals surface area (Å²) in [7, 11) is 0. The van der Waals surface area contributed by atoms with Gasteiger partial charge in [-0.3, -0.25) is 0 Å². The van der Waals surface area contributed by atoms with Gasteiger partial charge in [0.05, 0.1) is 12.5 Å². The minimum atomic E-state index is 0.227. The molecule has 1 N–H and O–H groups in total. The minimum absolute atomic E-state index is 0.227. The van der Waals surface area contributed by atoms with Crippen molar-refractivity contribution in [2.45, 2.75) is 52.5 Å². The molecular weight excluding hydrogens is 230 g/mol. The highest BCUT2D eigenvalue weighted by Crippen LogP contribution is 2.17. The Morgan fingerprint density at radius 2 is 2.11 bits per heavy atom. The first-order valence-electron chi connectivity index (χ1n) is 6.82. The Morgan fingerprint density at radius 3 is 2.78 bits per heavy atom. The summed E-state index contributed by atoms with van der Waals surface area (Å²) in [5, 5.41) is 7.42. The third kappa shape index (κ3) is 4.74. The van der Waals surface area contributed by atoms with E-state index in [2.05, 4.69) is 36.2 Å². The molecular formula is C13H25N3O2. The predicted octanol–water partition coefficient (Wildman–Crippen LogP) is 2.14. The van der Waals surface area contributed by atoms with E-state index in [-0.39, 0.29) is 5.92 Å². The second-order valence-corrected chi connectivity index (χ2v) is 4.53. The van der Waals surface area contributed by atoms with Crippen LogP contribution in [0, 0.1) is 0 Å². The summed E-state index contributed by atoms with van der Waals surface area (Å²) in [6.45, 7) is 10.8. The lowest BCUT2D eigenvalue weighted by Gasteiger charge is -2.17. The van der Waals surface area contributed by atoms with Crippen LogP contribution in [0.25, 0.3) is 0 Å². The first-order valence-corrected chi connectivity index (χ1v) is 6.82.